The lowest BCUT2D eigenvalue weighted by Crippen LogP contribution is -2.34. The largest absolute Gasteiger partial charge is 0.377 e. The molecule has 0 bridgehead atoms. The fourth-order valence-electron chi connectivity index (χ4n) is 3.39. The number of hydrogen-bond donors (Lipinski definition) is 1. The fourth-order valence-corrected chi connectivity index (χ4v) is 5.55. The molecule has 1 atom stereocenters. The molecule has 158 valence electrons. The van der Waals surface area contributed by atoms with Gasteiger partial charge in [0.05, 0.1) is 21.2 Å². The Hall–Kier alpha value is -2.33. The van der Waals surface area contributed by atoms with E-state index in [-0.39, 0.29) is 16.9 Å². The second-order valence-electron chi connectivity index (χ2n) is 7.39. The van der Waals surface area contributed by atoms with E-state index in [4.69, 9.17) is 4.74 Å². The van der Waals surface area contributed by atoms with Crippen LogP contribution in [-0.4, -0.2) is 49.9 Å². The molecule has 0 saturated carbocycles. The Morgan fingerprint density at radius 3 is 2.73 bits per heavy atom. The maximum Gasteiger partial charge on any atom is 0.257 e. The van der Waals surface area contributed by atoms with Crippen LogP contribution >= 0.6 is 11.3 Å². The fraction of sp³-hybridized carbons (Fsp3) is 0.333. The monoisotopic (exact) mass is 445 g/mol. The maximum absolute atomic E-state index is 12.8. The summed E-state index contributed by atoms with van der Waals surface area (Å²) < 4.78 is 33.4. The van der Waals surface area contributed by atoms with Crippen molar-refractivity contribution in [2.45, 2.75) is 30.8 Å². The van der Waals surface area contributed by atoms with Crippen LogP contribution in [0.3, 0.4) is 0 Å². The highest BCUT2D eigenvalue weighted by atomic mass is 32.2. The van der Waals surface area contributed by atoms with Gasteiger partial charge in [-0.1, -0.05) is 17.4 Å². The van der Waals surface area contributed by atoms with Gasteiger partial charge in [-0.2, -0.15) is 4.31 Å². The molecule has 9 heteroatoms. The van der Waals surface area contributed by atoms with Crippen molar-refractivity contribution < 1.29 is 17.9 Å². The number of anilines is 1. The number of amides is 1. The molecule has 1 amide bonds. The number of likely N-dealkylation sites (N-methyl/N-ethyl adjacent to an activating group) is 1. The van der Waals surface area contributed by atoms with Gasteiger partial charge in [0.15, 0.2) is 5.13 Å². The van der Waals surface area contributed by atoms with Crippen molar-refractivity contribution in [3.63, 3.8) is 0 Å². The van der Waals surface area contributed by atoms with E-state index < -0.39 is 10.0 Å². The number of nitrogens with one attached hydrogen (secondary N) is 1. The third-order valence-electron chi connectivity index (χ3n) is 5.07. The van der Waals surface area contributed by atoms with Crippen molar-refractivity contribution in [1.82, 2.24) is 9.29 Å². The number of carbonyl (C=O) groups is 1. The summed E-state index contributed by atoms with van der Waals surface area (Å²) >= 11 is 1.40. The number of sulfonamides is 1. The van der Waals surface area contributed by atoms with Gasteiger partial charge in [-0.3, -0.25) is 10.1 Å². The van der Waals surface area contributed by atoms with Gasteiger partial charge in [0, 0.05) is 25.8 Å². The van der Waals surface area contributed by atoms with E-state index >= 15 is 0 Å². The highest BCUT2D eigenvalue weighted by Gasteiger charge is 2.26. The molecule has 2 heterocycles. The summed E-state index contributed by atoms with van der Waals surface area (Å²) in [7, 11) is -2.09. The Morgan fingerprint density at radius 1 is 1.27 bits per heavy atom. The predicted molar refractivity (Wildman–Crippen MR) is 118 cm³/mol. The van der Waals surface area contributed by atoms with Crippen molar-refractivity contribution >= 4 is 42.6 Å². The van der Waals surface area contributed by atoms with Crippen molar-refractivity contribution in [2.24, 2.45) is 0 Å². The van der Waals surface area contributed by atoms with Gasteiger partial charge in [0.1, 0.15) is 0 Å². The van der Waals surface area contributed by atoms with Crippen LogP contribution in [0.4, 0.5) is 5.13 Å². The Kier molecular flexibility index (Phi) is 5.88. The van der Waals surface area contributed by atoms with Gasteiger partial charge in [-0.15, -0.1) is 0 Å². The third kappa shape index (κ3) is 4.39. The number of fused-ring (bicyclic) bond motifs is 1. The SMILES string of the molecule is Cc1ccc2nc(NC(=O)c3ccc(S(=O)(=O)N(C)CC4CCCO4)cc3)sc2c1. The lowest BCUT2D eigenvalue weighted by Gasteiger charge is -2.20. The number of rotatable bonds is 6. The van der Waals surface area contributed by atoms with Crippen LogP contribution in [0.2, 0.25) is 0 Å². The summed E-state index contributed by atoms with van der Waals surface area (Å²) in [5, 5.41) is 3.30. The van der Waals surface area contributed by atoms with Crippen LogP contribution in [0.5, 0.6) is 0 Å². The molecule has 1 aliphatic heterocycles. The van der Waals surface area contributed by atoms with E-state index in [0.717, 1.165) is 28.6 Å². The van der Waals surface area contributed by atoms with E-state index in [2.05, 4.69) is 10.3 Å². The molecule has 1 N–H and O–H groups in total. The molecule has 0 radical (unpaired) electrons. The van der Waals surface area contributed by atoms with E-state index in [9.17, 15) is 13.2 Å². The normalized spacial score (nSPS) is 17.0. The van der Waals surface area contributed by atoms with E-state index in [1.165, 1.54) is 39.9 Å². The van der Waals surface area contributed by atoms with Crippen LogP contribution in [0.1, 0.15) is 28.8 Å². The average Bonchev–Trinajstić information content (AvgIpc) is 3.37. The minimum atomic E-state index is -3.64. The summed E-state index contributed by atoms with van der Waals surface area (Å²) in [6.45, 7) is 3.00. The lowest BCUT2D eigenvalue weighted by atomic mass is 10.2. The van der Waals surface area contributed by atoms with Crippen LogP contribution in [0.15, 0.2) is 47.4 Å². The van der Waals surface area contributed by atoms with Crippen LogP contribution < -0.4 is 5.32 Å². The number of thiazole rings is 1. The first kappa shape index (κ1) is 20.9. The number of hydrogen-bond acceptors (Lipinski definition) is 6. The van der Waals surface area contributed by atoms with Crippen molar-refractivity contribution in [2.75, 3.05) is 25.5 Å². The topological polar surface area (TPSA) is 88.6 Å². The molecule has 0 spiro atoms. The Bertz CT molecular complexity index is 1170. The molecule has 0 aliphatic carbocycles. The molecule has 2 aromatic carbocycles. The zero-order valence-corrected chi connectivity index (χ0v) is 18.4. The van der Waals surface area contributed by atoms with Gasteiger partial charge < -0.3 is 4.74 Å². The Morgan fingerprint density at radius 2 is 2.03 bits per heavy atom. The molecule has 7 nitrogen and oxygen atoms in total. The smallest absolute Gasteiger partial charge is 0.257 e. The van der Waals surface area contributed by atoms with Gasteiger partial charge in [-0.25, -0.2) is 13.4 Å². The molecule has 30 heavy (non-hydrogen) atoms. The number of aromatic nitrogens is 1. The molecule has 4 rings (SSSR count). The molecular weight excluding hydrogens is 422 g/mol. The standard InChI is InChI=1S/C21H23N3O4S2/c1-14-5-10-18-19(12-14)29-21(22-18)23-20(25)15-6-8-17(9-7-15)30(26,27)24(2)13-16-4-3-11-28-16/h5-10,12,16H,3-4,11,13H2,1-2H3,(H,22,23,25). The minimum absolute atomic E-state index is 0.0626. The Balaban J connectivity index is 1.45. The molecule has 1 saturated heterocycles. The van der Waals surface area contributed by atoms with Gasteiger partial charge in [0.2, 0.25) is 10.0 Å². The molecular formula is C21H23N3O4S2. The average molecular weight is 446 g/mol. The van der Waals surface area contributed by atoms with Crippen LogP contribution in [0.25, 0.3) is 10.2 Å². The van der Waals surface area contributed by atoms with Gasteiger partial charge in [0.25, 0.3) is 5.91 Å². The van der Waals surface area contributed by atoms with Gasteiger partial charge >= 0.3 is 0 Å². The number of ether oxygens (including phenoxy) is 1. The van der Waals surface area contributed by atoms with E-state index in [1.54, 1.807) is 7.05 Å². The second kappa shape index (κ2) is 8.43. The maximum atomic E-state index is 12.8. The lowest BCUT2D eigenvalue weighted by molar-refractivity contribution is 0.0979. The number of benzene rings is 2. The zero-order chi connectivity index (χ0) is 21.3. The van der Waals surface area contributed by atoms with Crippen molar-refractivity contribution in [1.29, 1.82) is 0 Å². The van der Waals surface area contributed by atoms with E-state index in [1.807, 2.05) is 25.1 Å². The van der Waals surface area contributed by atoms with Crippen LogP contribution in [-0.2, 0) is 14.8 Å². The molecule has 1 aliphatic rings. The van der Waals surface area contributed by atoms with Crippen molar-refractivity contribution in [3.8, 4) is 0 Å². The molecule has 1 unspecified atom stereocenters. The summed E-state index contributed by atoms with van der Waals surface area (Å²) in [6, 6.07) is 11.9. The number of carbonyl (C=O) groups excluding carboxylic acids is 1. The third-order valence-corrected chi connectivity index (χ3v) is 7.85. The van der Waals surface area contributed by atoms with Crippen LogP contribution in [0, 0.1) is 6.92 Å². The molecule has 1 fully saturated rings. The molecule has 1 aromatic heterocycles. The second-order valence-corrected chi connectivity index (χ2v) is 10.5. The first-order chi connectivity index (χ1) is 14.3. The predicted octanol–water partition coefficient (Wildman–Crippen LogP) is 3.66. The first-order valence-electron chi connectivity index (χ1n) is 9.69. The Labute approximate surface area is 179 Å². The highest BCUT2D eigenvalue weighted by molar-refractivity contribution is 7.89. The summed E-state index contributed by atoms with van der Waals surface area (Å²) in [4.78, 5) is 17.1. The summed E-state index contributed by atoms with van der Waals surface area (Å²) in [5.41, 5.74) is 2.33. The summed E-state index contributed by atoms with van der Waals surface area (Å²) in [6.07, 6.45) is 1.76. The first-order valence-corrected chi connectivity index (χ1v) is 11.9. The quantitative estimate of drug-likeness (QED) is 0.626. The minimum Gasteiger partial charge on any atom is -0.377 e. The van der Waals surface area contributed by atoms with E-state index in [0.29, 0.717) is 23.8 Å². The summed E-state index contributed by atoms with van der Waals surface area (Å²) in [5.74, 6) is -0.331. The number of nitrogens with zero attached hydrogens (tertiary/aromatic N) is 2. The van der Waals surface area contributed by atoms with Crippen molar-refractivity contribution in [3.05, 3.63) is 53.6 Å². The highest BCUT2D eigenvalue weighted by Crippen LogP contribution is 2.27. The van der Waals surface area contributed by atoms with Gasteiger partial charge in [-0.05, 0) is 61.7 Å². The number of aryl methyl sites for hydroxylation is 1. The molecule has 3 aromatic rings. The zero-order valence-electron chi connectivity index (χ0n) is 16.8.